The zero-order chi connectivity index (χ0) is 25.2. The standard InChI is InChI=1S/C25H19ClF3N5O2/c26-17-3-1-14(9-18(17)27)25(35)32-15-10-19(28)24(29)22(11-15)36-16-2-4-20-21(12-16)33-23(13-31-20)34-7-5-30-6-8-34/h1-4,9-13,30H,5-8H2,(H,32,35). The lowest BCUT2D eigenvalue weighted by Crippen LogP contribution is -2.43. The first-order valence-electron chi connectivity index (χ1n) is 11.0. The van der Waals surface area contributed by atoms with E-state index in [1.807, 2.05) is 0 Å². The zero-order valence-electron chi connectivity index (χ0n) is 18.7. The third-order valence-electron chi connectivity index (χ3n) is 5.60. The Bertz CT molecular complexity index is 1460. The highest BCUT2D eigenvalue weighted by molar-refractivity contribution is 6.30. The maximum absolute atomic E-state index is 14.5. The summed E-state index contributed by atoms with van der Waals surface area (Å²) >= 11 is 5.64. The monoisotopic (exact) mass is 513 g/mol. The molecule has 7 nitrogen and oxygen atoms in total. The van der Waals surface area contributed by atoms with Crippen molar-refractivity contribution in [2.24, 2.45) is 0 Å². The number of hydrogen-bond donors (Lipinski definition) is 2. The van der Waals surface area contributed by atoms with Gasteiger partial charge in [-0.25, -0.2) is 13.8 Å². The van der Waals surface area contributed by atoms with Gasteiger partial charge in [-0.05, 0) is 30.3 Å². The van der Waals surface area contributed by atoms with E-state index in [1.165, 1.54) is 12.1 Å². The van der Waals surface area contributed by atoms with Crippen LogP contribution in [0.3, 0.4) is 0 Å². The molecule has 0 spiro atoms. The molecular weight excluding hydrogens is 495 g/mol. The van der Waals surface area contributed by atoms with Gasteiger partial charge < -0.3 is 20.3 Å². The number of anilines is 2. The minimum atomic E-state index is -1.23. The van der Waals surface area contributed by atoms with Gasteiger partial charge in [0.2, 0.25) is 5.82 Å². The second-order valence-corrected chi connectivity index (χ2v) is 8.48. The molecule has 184 valence electrons. The van der Waals surface area contributed by atoms with E-state index in [9.17, 15) is 18.0 Å². The summed E-state index contributed by atoms with van der Waals surface area (Å²) in [4.78, 5) is 23.6. The quantitative estimate of drug-likeness (QED) is 0.384. The second-order valence-electron chi connectivity index (χ2n) is 8.07. The molecule has 4 aromatic rings. The molecule has 0 saturated carbocycles. The summed E-state index contributed by atoms with van der Waals surface area (Å²) in [5, 5.41) is 5.53. The lowest BCUT2D eigenvalue weighted by atomic mass is 10.2. The third-order valence-corrected chi connectivity index (χ3v) is 5.91. The van der Waals surface area contributed by atoms with Crippen LogP contribution in [0.2, 0.25) is 5.02 Å². The Morgan fingerprint density at radius 1 is 1.00 bits per heavy atom. The van der Waals surface area contributed by atoms with Crippen LogP contribution in [-0.4, -0.2) is 42.1 Å². The zero-order valence-corrected chi connectivity index (χ0v) is 19.5. The van der Waals surface area contributed by atoms with Gasteiger partial charge in [0.15, 0.2) is 11.6 Å². The number of carbonyl (C=O) groups is 1. The average Bonchev–Trinajstić information content (AvgIpc) is 2.88. The first-order chi connectivity index (χ1) is 17.4. The Balaban J connectivity index is 1.39. The first kappa shape index (κ1) is 23.8. The summed E-state index contributed by atoms with van der Waals surface area (Å²) < 4.78 is 48.1. The summed E-state index contributed by atoms with van der Waals surface area (Å²) in [6.45, 7) is 3.27. The van der Waals surface area contributed by atoms with Crippen molar-refractivity contribution in [3.05, 3.63) is 82.8 Å². The van der Waals surface area contributed by atoms with E-state index in [4.69, 9.17) is 16.3 Å². The number of carbonyl (C=O) groups excluding carboxylic acids is 1. The highest BCUT2D eigenvalue weighted by atomic mass is 35.5. The van der Waals surface area contributed by atoms with E-state index in [2.05, 4.69) is 25.5 Å². The van der Waals surface area contributed by atoms with Crippen molar-refractivity contribution in [3.63, 3.8) is 0 Å². The number of rotatable bonds is 5. The normalized spacial score (nSPS) is 13.6. The lowest BCUT2D eigenvalue weighted by molar-refractivity contribution is 0.102. The van der Waals surface area contributed by atoms with Crippen LogP contribution in [0.15, 0.2) is 54.7 Å². The Labute approximate surface area is 208 Å². The third kappa shape index (κ3) is 5.05. The molecule has 0 unspecified atom stereocenters. The molecule has 5 rings (SSSR count). The number of nitrogens with zero attached hydrogens (tertiary/aromatic N) is 3. The van der Waals surface area contributed by atoms with Gasteiger partial charge in [-0.3, -0.25) is 9.78 Å². The van der Waals surface area contributed by atoms with Gasteiger partial charge in [0.05, 0.1) is 22.3 Å². The van der Waals surface area contributed by atoms with Crippen LogP contribution in [0.4, 0.5) is 24.7 Å². The van der Waals surface area contributed by atoms with E-state index in [0.29, 0.717) is 16.9 Å². The molecule has 1 aliphatic heterocycles. The number of halogens is 4. The molecule has 1 aromatic heterocycles. The van der Waals surface area contributed by atoms with Crippen molar-refractivity contribution < 1.29 is 22.7 Å². The predicted octanol–water partition coefficient (Wildman–Crippen LogP) is 5.15. The van der Waals surface area contributed by atoms with Crippen LogP contribution in [0.5, 0.6) is 11.5 Å². The topological polar surface area (TPSA) is 79.4 Å². The lowest BCUT2D eigenvalue weighted by Gasteiger charge is -2.28. The van der Waals surface area contributed by atoms with Gasteiger partial charge in [0.1, 0.15) is 17.4 Å². The van der Waals surface area contributed by atoms with Gasteiger partial charge in [0, 0.05) is 55.6 Å². The summed E-state index contributed by atoms with van der Waals surface area (Å²) in [6.07, 6.45) is 1.70. The maximum atomic E-state index is 14.5. The fourth-order valence-corrected chi connectivity index (χ4v) is 3.89. The number of ether oxygens (including phenoxy) is 1. The smallest absolute Gasteiger partial charge is 0.255 e. The van der Waals surface area contributed by atoms with Gasteiger partial charge in [0.25, 0.3) is 5.91 Å². The van der Waals surface area contributed by atoms with Crippen LogP contribution < -0.4 is 20.3 Å². The molecule has 2 heterocycles. The Morgan fingerprint density at radius 3 is 2.58 bits per heavy atom. The van der Waals surface area contributed by atoms with Gasteiger partial charge in [-0.15, -0.1) is 0 Å². The molecule has 0 radical (unpaired) electrons. The number of hydrogen-bond acceptors (Lipinski definition) is 6. The molecule has 0 aliphatic carbocycles. The van der Waals surface area contributed by atoms with E-state index >= 15 is 0 Å². The molecule has 1 fully saturated rings. The Kier molecular flexibility index (Phi) is 6.62. The van der Waals surface area contributed by atoms with Crippen LogP contribution in [-0.2, 0) is 0 Å². The molecule has 2 N–H and O–H groups in total. The molecule has 1 aliphatic rings. The van der Waals surface area contributed by atoms with Gasteiger partial charge in [-0.2, -0.15) is 4.39 Å². The van der Waals surface area contributed by atoms with E-state index < -0.39 is 29.1 Å². The van der Waals surface area contributed by atoms with Crippen LogP contribution in [0.1, 0.15) is 10.4 Å². The molecular formula is C25H19ClF3N5O2. The van der Waals surface area contributed by atoms with Crippen molar-refractivity contribution in [2.75, 3.05) is 36.4 Å². The number of aromatic nitrogens is 2. The minimum Gasteiger partial charge on any atom is -0.454 e. The molecule has 36 heavy (non-hydrogen) atoms. The Morgan fingerprint density at radius 2 is 1.81 bits per heavy atom. The summed E-state index contributed by atoms with van der Waals surface area (Å²) in [5.74, 6) is -3.50. The Hall–Kier alpha value is -3.89. The van der Waals surface area contributed by atoms with Crippen molar-refractivity contribution in [2.45, 2.75) is 0 Å². The van der Waals surface area contributed by atoms with Crippen LogP contribution in [0.25, 0.3) is 11.0 Å². The molecule has 1 saturated heterocycles. The van der Waals surface area contributed by atoms with Crippen molar-refractivity contribution in [1.29, 1.82) is 0 Å². The number of piperazine rings is 1. The fraction of sp³-hybridized carbons (Fsp3) is 0.160. The largest absolute Gasteiger partial charge is 0.454 e. The van der Waals surface area contributed by atoms with Crippen molar-refractivity contribution >= 4 is 40.0 Å². The van der Waals surface area contributed by atoms with Crippen LogP contribution >= 0.6 is 11.6 Å². The van der Waals surface area contributed by atoms with Gasteiger partial charge in [-0.1, -0.05) is 11.6 Å². The highest BCUT2D eigenvalue weighted by Gasteiger charge is 2.17. The fourth-order valence-electron chi connectivity index (χ4n) is 3.77. The highest BCUT2D eigenvalue weighted by Crippen LogP contribution is 2.31. The van der Waals surface area contributed by atoms with Crippen molar-refractivity contribution in [1.82, 2.24) is 15.3 Å². The molecule has 3 aromatic carbocycles. The summed E-state index contributed by atoms with van der Waals surface area (Å²) in [5.41, 5.74) is 1.02. The van der Waals surface area contributed by atoms with E-state index in [0.717, 1.165) is 44.4 Å². The van der Waals surface area contributed by atoms with Crippen molar-refractivity contribution in [3.8, 4) is 11.5 Å². The number of fused-ring (bicyclic) bond motifs is 1. The molecule has 0 bridgehead atoms. The number of benzene rings is 3. The van der Waals surface area contributed by atoms with Gasteiger partial charge >= 0.3 is 0 Å². The molecule has 1 amide bonds. The minimum absolute atomic E-state index is 0.0440. The molecule has 0 atom stereocenters. The second kappa shape index (κ2) is 10.00. The number of nitrogens with one attached hydrogen (secondary N) is 2. The predicted molar refractivity (Wildman–Crippen MR) is 130 cm³/mol. The average molecular weight is 514 g/mol. The van der Waals surface area contributed by atoms with E-state index in [-0.39, 0.29) is 22.0 Å². The first-order valence-corrected chi connectivity index (χ1v) is 11.4. The van der Waals surface area contributed by atoms with Crippen LogP contribution in [0, 0.1) is 17.5 Å². The van der Waals surface area contributed by atoms with E-state index in [1.54, 1.807) is 24.4 Å². The summed E-state index contributed by atoms with van der Waals surface area (Å²) in [7, 11) is 0. The maximum Gasteiger partial charge on any atom is 0.255 e. The summed E-state index contributed by atoms with van der Waals surface area (Å²) in [6, 6.07) is 10.2. The molecule has 11 heteroatoms. The number of amides is 1. The SMILES string of the molecule is O=C(Nc1cc(F)c(F)c(Oc2ccc3ncc(N4CCNCC4)nc3c2)c1)c1ccc(Cl)c(F)c1.